The predicted molar refractivity (Wildman–Crippen MR) is 46.8 cm³/mol. The molecule has 11 heavy (non-hydrogen) atoms. The van der Waals surface area contributed by atoms with Crippen LogP contribution in [0.4, 0.5) is 0 Å². The SMILES string of the molecule is CNCC(N)CCCS(=O)O. The van der Waals surface area contributed by atoms with Gasteiger partial charge in [0.05, 0.1) is 0 Å². The van der Waals surface area contributed by atoms with E-state index in [2.05, 4.69) is 5.32 Å². The fourth-order valence-electron chi connectivity index (χ4n) is 0.833. The molecule has 0 spiro atoms. The average molecular weight is 180 g/mol. The first-order valence-corrected chi connectivity index (χ1v) is 4.92. The molecule has 0 aromatic heterocycles. The largest absolute Gasteiger partial charge is 0.327 e. The van der Waals surface area contributed by atoms with Crippen LogP contribution >= 0.6 is 0 Å². The Bertz CT molecular complexity index is 121. The monoisotopic (exact) mass is 180 g/mol. The van der Waals surface area contributed by atoms with Crippen LogP contribution in [0.1, 0.15) is 12.8 Å². The van der Waals surface area contributed by atoms with Gasteiger partial charge in [-0.15, -0.1) is 0 Å². The van der Waals surface area contributed by atoms with E-state index in [4.69, 9.17) is 10.3 Å². The Labute approximate surface area is 69.8 Å². The number of hydrogen-bond donors (Lipinski definition) is 3. The Morgan fingerprint density at radius 3 is 2.82 bits per heavy atom. The van der Waals surface area contributed by atoms with Crippen LogP contribution < -0.4 is 11.1 Å². The Kier molecular flexibility index (Phi) is 6.74. The van der Waals surface area contributed by atoms with E-state index in [0.717, 1.165) is 13.0 Å². The number of likely N-dealkylation sites (N-methyl/N-ethyl adjacent to an activating group) is 1. The molecule has 0 aromatic carbocycles. The first-order chi connectivity index (χ1) is 5.16. The van der Waals surface area contributed by atoms with Crippen LogP contribution in [0.3, 0.4) is 0 Å². The van der Waals surface area contributed by atoms with E-state index in [1.165, 1.54) is 0 Å². The maximum Gasteiger partial charge on any atom is 0.152 e. The van der Waals surface area contributed by atoms with Gasteiger partial charge in [0.1, 0.15) is 0 Å². The Morgan fingerprint density at radius 1 is 1.73 bits per heavy atom. The molecule has 0 aliphatic heterocycles. The lowest BCUT2D eigenvalue weighted by molar-refractivity contribution is 0.543. The zero-order valence-corrected chi connectivity index (χ0v) is 7.56. The topological polar surface area (TPSA) is 75.3 Å². The van der Waals surface area contributed by atoms with Gasteiger partial charge in [0.2, 0.25) is 0 Å². The lowest BCUT2D eigenvalue weighted by Gasteiger charge is -2.08. The molecule has 4 nitrogen and oxygen atoms in total. The molecule has 2 atom stereocenters. The molecule has 0 fully saturated rings. The lowest BCUT2D eigenvalue weighted by atomic mass is 10.2. The quantitative estimate of drug-likeness (QED) is 0.483. The minimum atomic E-state index is -1.66. The molecule has 0 bridgehead atoms. The Balaban J connectivity index is 3.16. The molecule has 5 heteroatoms. The molecule has 0 aromatic rings. The van der Waals surface area contributed by atoms with Crippen LogP contribution in [-0.4, -0.2) is 34.1 Å². The van der Waals surface area contributed by atoms with E-state index in [1.54, 1.807) is 0 Å². The van der Waals surface area contributed by atoms with Gasteiger partial charge in [-0.3, -0.25) is 0 Å². The highest BCUT2D eigenvalue weighted by atomic mass is 32.2. The van der Waals surface area contributed by atoms with Crippen molar-refractivity contribution in [2.45, 2.75) is 18.9 Å². The summed E-state index contributed by atoms with van der Waals surface area (Å²) in [6, 6.07) is 0.101. The van der Waals surface area contributed by atoms with E-state index in [0.29, 0.717) is 12.2 Å². The number of nitrogens with two attached hydrogens (primary N) is 1. The van der Waals surface area contributed by atoms with Gasteiger partial charge in [0.15, 0.2) is 11.1 Å². The Morgan fingerprint density at radius 2 is 2.36 bits per heavy atom. The summed E-state index contributed by atoms with van der Waals surface area (Å²) in [5, 5.41) is 2.94. The van der Waals surface area contributed by atoms with Crippen molar-refractivity contribution in [3.8, 4) is 0 Å². The summed E-state index contributed by atoms with van der Waals surface area (Å²) in [5.41, 5.74) is 5.63. The summed E-state index contributed by atoms with van der Waals surface area (Å²) in [5.74, 6) is 0.331. The Hall–Kier alpha value is 0.0300. The molecule has 2 unspecified atom stereocenters. The summed E-state index contributed by atoms with van der Waals surface area (Å²) in [6.07, 6.45) is 1.51. The molecule has 68 valence electrons. The predicted octanol–water partition coefficient (Wildman–Crippen LogP) is -0.465. The molecule has 0 amide bonds. The average Bonchev–Trinajstić information content (AvgIpc) is 1.87. The van der Waals surface area contributed by atoms with Gasteiger partial charge in [0.25, 0.3) is 0 Å². The summed E-state index contributed by atoms with van der Waals surface area (Å²) in [6.45, 7) is 0.762. The molecule has 0 saturated heterocycles. The smallest absolute Gasteiger partial charge is 0.152 e. The highest BCUT2D eigenvalue weighted by Gasteiger charge is 2.01. The molecule has 0 radical (unpaired) electrons. The fourth-order valence-corrected chi connectivity index (χ4v) is 1.25. The molecule has 0 saturated carbocycles. The van der Waals surface area contributed by atoms with E-state index in [1.807, 2.05) is 7.05 Å². The number of rotatable bonds is 6. The van der Waals surface area contributed by atoms with Gasteiger partial charge in [-0.1, -0.05) is 0 Å². The fraction of sp³-hybridized carbons (Fsp3) is 1.00. The summed E-state index contributed by atoms with van der Waals surface area (Å²) in [7, 11) is 1.84. The lowest BCUT2D eigenvalue weighted by Crippen LogP contribution is -2.31. The third kappa shape index (κ3) is 7.93. The van der Waals surface area contributed by atoms with E-state index < -0.39 is 11.1 Å². The highest BCUT2D eigenvalue weighted by Crippen LogP contribution is 1.94. The van der Waals surface area contributed by atoms with Crippen LogP contribution in [0, 0.1) is 0 Å². The summed E-state index contributed by atoms with van der Waals surface area (Å²) < 4.78 is 18.6. The molecular weight excluding hydrogens is 164 g/mol. The second-order valence-corrected chi connectivity index (χ2v) is 3.54. The van der Waals surface area contributed by atoms with Crippen LogP contribution in [0.5, 0.6) is 0 Å². The van der Waals surface area contributed by atoms with Crippen molar-refractivity contribution in [2.75, 3.05) is 19.3 Å². The normalized spacial score (nSPS) is 16.3. The molecule has 4 N–H and O–H groups in total. The van der Waals surface area contributed by atoms with Gasteiger partial charge in [0, 0.05) is 18.3 Å². The summed E-state index contributed by atoms with van der Waals surface area (Å²) >= 11 is -1.66. The standard InChI is InChI=1S/C6H16N2O2S/c1-8-5-6(7)3-2-4-11(9)10/h6,8H,2-5,7H2,1H3,(H,9,10). The van der Waals surface area contributed by atoms with Gasteiger partial charge < -0.3 is 15.6 Å². The van der Waals surface area contributed by atoms with Gasteiger partial charge >= 0.3 is 0 Å². The van der Waals surface area contributed by atoms with Crippen LogP contribution in [-0.2, 0) is 11.1 Å². The van der Waals surface area contributed by atoms with Gasteiger partial charge in [-0.05, 0) is 19.9 Å². The minimum absolute atomic E-state index is 0.101. The van der Waals surface area contributed by atoms with Crippen molar-refractivity contribution in [2.24, 2.45) is 5.73 Å². The van der Waals surface area contributed by atoms with Crippen LogP contribution in [0.2, 0.25) is 0 Å². The van der Waals surface area contributed by atoms with Crippen LogP contribution in [0.15, 0.2) is 0 Å². The third-order valence-electron chi connectivity index (χ3n) is 1.36. The van der Waals surface area contributed by atoms with Gasteiger partial charge in [-0.2, -0.15) is 0 Å². The van der Waals surface area contributed by atoms with Crippen LogP contribution in [0.25, 0.3) is 0 Å². The highest BCUT2D eigenvalue weighted by molar-refractivity contribution is 7.79. The van der Waals surface area contributed by atoms with Crippen molar-refractivity contribution in [3.05, 3.63) is 0 Å². The minimum Gasteiger partial charge on any atom is -0.327 e. The van der Waals surface area contributed by atoms with Crippen molar-refractivity contribution in [1.29, 1.82) is 0 Å². The van der Waals surface area contributed by atoms with Crippen molar-refractivity contribution in [3.63, 3.8) is 0 Å². The molecule has 0 rings (SSSR count). The van der Waals surface area contributed by atoms with Crippen molar-refractivity contribution < 1.29 is 8.76 Å². The third-order valence-corrected chi connectivity index (χ3v) is 2.00. The second-order valence-electron chi connectivity index (χ2n) is 2.49. The maximum absolute atomic E-state index is 10.2. The molecule has 0 aliphatic carbocycles. The van der Waals surface area contributed by atoms with E-state index >= 15 is 0 Å². The van der Waals surface area contributed by atoms with E-state index in [9.17, 15) is 4.21 Å². The second kappa shape index (κ2) is 6.72. The molecular formula is C6H16N2O2S. The molecule has 0 aliphatic rings. The maximum atomic E-state index is 10.2. The van der Waals surface area contributed by atoms with Crippen molar-refractivity contribution >= 4 is 11.1 Å². The van der Waals surface area contributed by atoms with Crippen molar-refractivity contribution in [1.82, 2.24) is 5.32 Å². The van der Waals surface area contributed by atoms with E-state index in [-0.39, 0.29) is 6.04 Å². The number of nitrogens with one attached hydrogen (secondary N) is 1. The zero-order chi connectivity index (χ0) is 8.69. The molecule has 0 heterocycles. The van der Waals surface area contributed by atoms with Gasteiger partial charge in [-0.25, -0.2) is 4.21 Å². The first-order valence-electron chi connectivity index (χ1n) is 3.64. The summed E-state index contributed by atoms with van der Waals surface area (Å²) in [4.78, 5) is 0. The number of hydrogen-bond acceptors (Lipinski definition) is 3. The first kappa shape index (κ1) is 11.0. The zero-order valence-electron chi connectivity index (χ0n) is 6.75.